The Morgan fingerprint density at radius 3 is 3.00 bits per heavy atom. The van der Waals surface area contributed by atoms with Crippen molar-refractivity contribution in [2.75, 3.05) is 20.1 Å². The lowest BCUT2D eigenvalue weighted by molar-refractivity contribution is -0.125. The third kappa shape index (κ3) is 2.24. The summed E-state index contributed by atoms with van der Waals surface area (Å²) in [5.74, 6) is 0.376. The molecule has 1 amide bonds. The van der Waals surface area contributed by atoms with Crippen LogP contribution in [-0.4, -0.2) is 38.3 Å². The summed E-state index contributed by atoms with van der Waals surface area (Å²) in [5.41, 5.74) is 0. The molecule has 1 aliphatic heterocycles. The van der Waals surface area contributed by atoms with Gasteiger partial charge in [0.2, 0.25) is 13.3 Å². The zero-order valence-corrected chi connectivity index (χ0v) is 7.84. The van der Waals surface area contributed by atoms with E-state index in [2.05, 4.69) is 17.5 Å². The van der Waals surface area contributed by atoms with Gasteiger partial charge in [0.25, 0.3) is 0 Å². The molecule has 1 N–H and O–H groups in total. The molecule has 67 valence electrons. The molecule has 0 aromatic carbocycles. The van der Waals surface area contributed by atoms with Gasteiger partial charge in [-0.15, -0.1) is 0 Å². The largest absolute Gasteiger partial charge is 0.359 e. The molecule has 1 atom stereocenters. The van der Waals surface area contributed by atoms with Gasteiger partial charge in [-0.05, 0) is 25.9 Å². The zero-order valence-electron chi connectivity index (χ0n) is 7.84. The topological polar surface area (TPSA) is 32.3 Å². The van der Waals surface area contributed by atoms with Crippen molar-refractivity contribution in [3.8, 4) is 0 Å². The van der Waals surface area contributed by atoms with Crippen molar-refractivity contribution in [2.24, 2.45) is 5.92 Å². The van der Waals surface area contributed by atoms with E-state index in [1.54, 1.807) is 7.05 Å². The van der Waals surface area contributed by atoms with Crippen LogP contribution < -0.4 is 5.32 Å². The molecule has 0 aromatic rings. The van der Waals surface area contributed by atoms with Crippen LogP contribution in [0.2, 0.25) is 6.82 Å². The van der Waals surface area contributed by atoms with Gasteiger partial charge in [-0.1, -0.05) is 6.82 Å². The summed E-state index contributed by atoms with van der Waals surface area (Å²) in [7, 11) is 3.77. The molecular weight excluding hydrogens is 151 g/mol. The Labute approximate surface area is 74.8 Å². The third-order valence-corrected chi connectivity index (χ3v) is 2.44. The highest BCUT2D eigenvalue weighted by atomic mass is 16.1. The number of piperidine rings is 1. The van der Waals surface area contributed by atoms with E-state index in [0.717, 1.165) is 25.9 Å². The van der Waals surface area contributed by atoms with Crippen LogP contribution in [0.25, 0.3) is 0 Å². The lowest BCUT2D eigenvalue weighted by Crippen LogP contribution is -2.42. The third-order valence-electron chi connectivity index (χ3n) is 2.44. The highest BCUT2D eigenvalue weighted by Gasteiger charge is 2.23. The van der Waals surface area contributed by atoms with Crippen LogP contribution in [-0.2, 0) is 4.79 Å². The standard InChI is InChI=1S/C8H16BN2O/c1-9-11-5-3-4-7(6-11)8(12)10-2/h7H,3-6H2,1-2H3,(H,10,12). The molecule has 1 aliphatic rings. The summed E-state index contributed by atoms with van der Waals surface area (Å²) in [6.07, 6.45) is 2.16. The van der Waals surface area contributed by atoms with Crippen molar-refractivity contribution < 1.29 is 4.79 Å². The highest BCUT2D eigenvalue weighted by Crippen LogP contribution is 2.15. The van der Waals surface area contributed by atoms with Gasteiger partial charge in [0.05, 0.1) is 0 Å². The van der Waals surface area contributed by atoms with Crippen molar-refractivity contribution in [2.45, 2.75) is 19.7 Å². The Morgan fingerprint density at radius 2 is 2.42 bits per heavy atom. The summed E-state index contributed by atoms with van der Waals surface area (Å²) in [5, 5.41) is 2.70. The van der Waals surface area contributed by atoms with Crippen LogP contribution in [0, 0.1) is 5.92 Å². The summed E-state index contributed by atoms with van der Waals surface area (Å²) in [6.45, 7) is 4.01. The lowest BCUT2D eigenvalue weighted by Gasteiger charge is -2.30. The van der Waals surface area contributed by atoms with Gasteiger partial charge in [-0.2, -0.15) is 0 Å². The predicted octanol–water partition coefficient (Wildman–Crippen LogP) is 0.112. The number of rotatable bonds is 2. The average molecular weight is 167 g/mol. The first-order valence-electron chi connectivity index (χ1n) is 4.53. The van der Waals surface area contributed by atoms with Crippen molar-refractivity contribution in [3.63, 3.8) is 0 Å². The van der Waals surface area contributed by atoms with E-state index in [9.17, 15) is 4.79 Å². The molecular formula is C8H16BN2O. The van der Waals surface area contributed by atoms with Gasteiger partial charge < -0.3 is 10.1 Å². The second-order valence-corrected chi connectivity index (χ2v) is 3.21. The van der Waals surface area contributed by atoms with E-state index in [1.165, 1.54) is 0 Å². The van der Waals surface area contributed by atoms with Crippen molar-refractivity contribution in [3.05, 3.63) is 0 Å². The Balaban J connectivity index is 2.40. The predicted molar refractivity (Wildman–Crippen MR) is 50.0 cm³/mol. The summed E-state index contributed by atoms with van der Waals surface area (Å²) < 4.78 is 0. The quantitative estimate of drug-likeness (QED) is 0.592. The van der Waals surface area contributed by atoms with Crippen LogP contribution in [0.1, 0.15) is 12.8 Å². The van der Waals surface area contributed by atoms with Gasteiger partial charge in [-0.25, -0.2) is 0 Å². The summed E-state index contributed by atoms with van der Waals surface area (Å²) in [6, 6.07) is 0. The molecule has 1 saturated heterocycles. The van der Waals surface area contributed by atoms with Crippen molar-refractivity contribution in [1.29, 1.82) is 0 Å². The minimum Gasteiger partial charge on any atom is -0.359 e. The summed E-state index contributed by atoms with van der Waals surface area (Å²) >= 11 is 0. The van der Waals surface area contributed by atoms with E-state index in [1.807, 2.05) is 6.82 Å². The Kier molecular flexibility index (Phi) is 3.60. The van der Waals surface area contributed by atoms with E-state index in [4.69, 9.17) is 0 Å². The molecule has 0 aliphatic carbocycles. The monoisotopic (exact) mass is 167 g/mol. The van der Waals surface area contributed by atoms with E-state index >= 15 is 0 Å². The van der Waals surface area contributed by atoms with Crippen LogP contribution in [0.4, 0.5) is 0 Å². The Bertz CT molecular complexity index is 163. The smallest absolute Gasteiger partial charge is 0.224 e. The molecule has 1 fully saturated rings. The summed E-state index contributed by atoms with van der Waals surface area (Å²) in [4.78, 5) is 13.5. The second-order valence-electron chi connectivity index (χ2n) is 3.21. The number of carbonyl (C=O) groups excluding carboxylic acids is 1. The maximum absolute atomic E-state index is 11.3. The first-order chi connectivity index (χ1) is 5.77. The second kappa shape index (κ2) is 4.50. The first kappa shape index (κ1) is 9.58. The van der Waals surface area contributed by atoms with Gasteiger partial charge >= 0.3 is 0 Å². The maximum atomic E-state index is 11.3. The molecule has 0 saturated carbocycles. The van der Waals surface area contributed by atoms with E-state index in [-0.39, 0.29) is 11.8 Å². The number of nitrogens with one attached hydrogen (secondary N) is 1. The molecule has 1 heterocycles. The van der Waals surface area contributed by atoms with Crippen LogP contribution >= 0.6 is 0 Å². The molecule has 12 heavy (non-hydrogen) atoms. The fourth-order valence-corrected chi connectivity index (χ4v) is 1.66. The molecule has 4 heteroatoms. The fraction of sp³-hybridized carbons (Fsp3) is 0.875. The minimum absolute atomic E-state index is 0.182. The molecule has 3 nitrogen and oxygen atoms in total. The zero-order chi connectivity index (χ0) is 8.97. The number of carbonyl (C=O) groups is 1. The number of hydrogen-bond donors (Lipinski definition) is 1. The van der Waals surface area contributed by atoms with Crippen LogP contribution in [0.15, 0.2) is 0 Å². The minimum atomic E-state index is 0.182. The van der Waals surface area contributed by atoms with Crippen molar-refractivity contribution >= 4 is 13.3 Å². The van der Waals surface area contributed by atoms with Crippen LogP contribution in [0.5, 0.6) is 0 Å². The first-order valence-corrected chi connectivity index (χ1v) is 4.53. The molecule has 0 spiro atoms. The average Bonchev–Trinajstić information content (AvgIpc) is 2.17. The van der Waals surface area contributed by atoms with Crippen LogP contribution in [0.3, 0.4) is 0 Å². The highest BCUT2D eigenvalue weighted by molar-refractivity contribution is 6.29. The molecule has 1 radical (unpaired) electrons. The molecule has 0 aromatic heterocycles. The van der Waals surface area contributed by atoms with E-state index < -0.39 is 0 Å². The molecule has 0 bridgehead atoms. The fourth-order valence-electron chi connectivity index (χ4n) is 1.66. The van der Waals surface area contributed by atoms with Crippen molar-refractivity contribution in [1.82, 2.24) is 10.1 Å². The SMILES string of the molecule is C[B]N1CCCC(C(=O)NC)C1. The Hall–Kier alpha value is -0.505. The van der Waals surface area contributed by atoms with Gasteiger partial charge in [0.1, 0.15) is 0 Å². The number of hydrogen-bond acceptors (Lipinski definition) is 2. The maximum Gasteiger partial charge on any atom is 0.224 e. The van der Waals surface area contributed by atoms with E-state index in [0.29, 0.717) is 0 Å². The van der Waals surface area contributed by atoms with Gasteiger partial charge in [-0.3, -0.25) is 4.79 Å². The number of amides is 1. The molecule has 1 rings (SSSR count). The van der Waals surface area contributed by atoms with Gasteiger partial charge in [0.15, 0.2) is 0 Å². The lowest BCUT2D eigenvalue weighted by atomic mass is 9.87. The molecule has 1 unspecified atom stereocenters. The number of nitrogens with zero attached hydrogens (tertiary/aromatic N) is 1. The Morgan fingerprint density at radius 1 is 1.67 bits per heavy atom. The van der Waals surface area contributed by atoms with Gasteiger partial charge in [0, 0.05) is 13.0 Å². The normalized spacial score (nSPS) is 25.0.